The molecule has 0 radical (unpaired) electrons. The van der Waals surface area contributed by atoms with Gasteiger partial charge in [0.1, 0.15) is 0 Å². The highest BCUT2D eigenvalue weighted by Crippen LogP contribution is 2.27. The number of likely N-dealkylation sites (N-methyl/N-ethyl adjacent to an activating group) is 1. The Hall–Kier alpha value is -1.75. The van der Waals surface area contributed by atoms with E-state index < -0.39 is 0 Å². The summed E-state index contributed by atoms with van der Waals surface area (Å²) in [5.74, 6) is 1.46. The summed E-state index contributed by atoms with van der Waals surface area (Å²) in [4.78, 5) is 12.2. The second-order valence-corrected chi connectivity index (χ2v) is 6.84. The van der Waals surface area contributed by atoms with Gasteiger partial charge in [0, 0.05) is 6.54 Å². The van der Waals surface area contributed by atoms with Crippen LogP contribution in [0.5, 0.6) is 11.5 Å². The van der Waals surface area contributed by atoms with Crippen molar-refractivity contribution in [1.82, 2.24) is 10.6 Å². The van der Waals surface area contributed by atoms with Crippen molar-refractivity contribution in [2.24, 2.45) is 5.41 Å². The highest BCUT2D eigenvalue weighted by molar-refractivity contribution is 5.81. The van der Waals surface area contributed by atoms with Crippen LogP contribution in [0.4, 0.5) is 0 Å². The molecular weight excluding hydrogens is 292 g/mol. The Labute approximate surface area is 139 Å². The van der Waals surface area contributed by atoms with E-state index in [9.17, 15) is 4.79 Å². The number of nitrogens with one attached hydrogen (secondary N) is 2. The molecule has 5 nitrogen and oxygen atoms in total. The van der Waals surface area contributed by atoms with E-state index in [0.717, 1.165) is 18.4 Å². The zero-order valence-corrected chi connectivity index (χ0v) is 15.2. The molecule has 0 saturated heterocycles. The van der Waals surface area contributed by atoms with Gasteiger partial charge in [0.05, 0.1) is 20.3 Å². The lowest BCUT2D eigenvalue weighted by Crippen LogP contribution is -2.45. The summed E-state index contributed by atoms with van der Waals surface area (Å²) >= 11 is 0. The minimum atomic E-state index is -0.166. The summed E-state index contributed by atoms with van der Waals surface area (Å²) in [6.07, 6.45) is 1.55. The minimum Gasteiger partial charge on any atom is -0.493 e. The van der Waals surface area contributed by atoms with Gasteiger partial charge in [0.2, 0.25) is 5.91 Å². The third-order valence-electron chi connectivity index (χ3n) is 3.64. The summed E-state index contributed by atoms with van der Waals surface area (Å²) in [7, 11) is 5.06. The number of carbonyl (C=O) groups excluding carboxylic acids is 1. The Bertz CT molecular complexity index is 509. The maximum absolute atomic E-state index is 12.2. The molecule has 1 amide bonds. The van der Waals surface area contributed by atoms with Gasteiger partial charge in [-0.05, 0) is 43.0 Å². The van der Waals surface area contributed by atoms with Crippen LogP contribution >= 0.6 is 0 Å². The number of methoxy groups -OCH3 is 2. The van der Waals surface area contributed by atoms with Gasteiger partial charge in [-0.3, -0.25) is 4.79 Å². The normalized spacial score (nSPS) is 12.6. The van der Waals surface area contributed by atoms with Crippen molar-refractivity contribution in [3.05, 3.63) is 23.8 Å². The average Bonchev–Trinajstić information content (AvgIpc) is 2.51. The molecular formula is C18H30N2O3. The van der Waals surface area contributed by atoms with Gasteiger partial charge in [-0.1, -0.05) is 26.8 Å². The highest BCUT2D eigenvalue weighted by atomic mass is 16.5. The van der Waals surface area contributed by atoms with Crippen LogP contribution in [0.15, 0.2) is 18.2 Å². The van der Waals surface area contributed by atoms with Crippen molar-refractivity contribution < 1.29 is 14.3 Å². The lowest BCUT2D eigenvalue weighted by atomic mass is 9.88. The molecule has 1 aromatic carbocycles. The number of carbonyl (C=O) groups is 1. The van der Waals surface area contributed by atoms with Crippen LogP contribution in [0.25, 0.3) is 0 Å². The van der Waals surface area contributed by atoms with Gasteiger partial charge in [0.25, 0.3) is 0 Å². The van der Waals surface area contributed by atoms with Crippen LogP contribution in [0.3, 0.4) is 0 Å². The Morgan fingerprint density at radius 3 is 2.35 bits per heavy atom. The van der Waals surface area contributed by atoms with E-state index in [2.05, 4.69) is 31.4 Å². The van der Waals surface area contributed by atoms with E-state index in [-0.39, 0.29) is 17.4 Å². The van der Waals surface area contributed by atoms with Crippen molar-refractivity contribution >= 4 is 5.91 Å². The predicted molar refractivity (Wildman–Crippen MR) is 93.2 cm³/mol. The van der Waals surface area contributed by atoms with Crippen molar-refractivity contribution in [1.29, 1.82) is 0 Å². The highest BCUT2D eigenvalue weighted by Gasteiger charge is 2.23. The first-order chi connectivity index (χ1) is 10.8. The Kier molecular flexibility index (Phi) is 7.36. The standard InChI is InChI=1S/C18H30N2O3/c1-18(2,3)12-14(19-4)17(21)20-10-9-13-7-8-15(22-5)16(11-13)23-6/h7-8,11,14,19H,9-10,12H2,1-6H3,(H,20,21)/t14-/m1/s1. The summed E-state index contributed by atoms with van der Waals surface area (Å²) in [5.41, 5.74) is 1.20. The number of hydrogen-bond acceptors (Lipinski definition) is 4. The van der Waals surface area contributed by atoms with Gasteiger partial charge in [-0.15, -0.1) is 0 Å². The van der Waals surface area contributed by atoms with Crippen LogP contribution in [0.2, 0.25) is 0 Å². The van der Waals surface area contributed by atoms with Crippen molar-refractivity contribution in [3.8, 4) is 11.5 Å². The van der Waals surface area contributed by atoms with Crippen LogP contribution in [0.1, 0.15) is 32.8 Å². The molecule has 130 valence electrons. The Balaban J connectivity index is 2.54. The average molecular weight is 322 g/mol. The molecule has 0 bridgehead atoms. The van der Waals surface area contributed by atoms with E-state index in [1.54, 1.807) is 14.2 Å². The van der Waals surface area contributed by atoms with Crippen molar-refractivity contribution in [3.63, 3.8) is 0 Å². The monoisotopic (exact) mass is 322 g/mol. The molecule has 0 aliphatic rings. The van der Waals surface area contributed by atoms with Gasteiger partial charge < -0.3 is 20.1 Å². The molecule has 2 N–H and O–H groups in total. The lowest BCUT2D eigenvalue weighted by Gasteiger charge is -2.25. The Morgan fingerprint density at radius 1 is 1.17 bits per heavy atom. The molecule has 5 heteroatoms. The van der Waals surface area contributed by atoms with E-state index in [4.69, 9.17) is 9.47 Å². The second-order valence-electron chi connectivity index (χ2n) is 6.84. The molecule has 23 heavy (non-hydrogen) atoms. The van der Waals surface area contributed by atoms with E-state index >= 15 is 0 Å². The third kappa shape index (κ3) is 6.48. The van der Waals surface area contributed by atoms with Crippen molar-refractivity contribution in [2.75, 3.05) is 27.8 Å². The minimum absolute atomic E-state index is 0.0444. The number of rotatable bonds is 8. The number of amides is 1. The number of benzene rings is 1. The van der Waals surface area contributed by atoms with Crippen LogP contribution in [0, 0.1) is 5.41 Å². The number of hydrogen-bond donors (Lipinski definition) is 2. The predicted octanol–water partition coefficient (Wildman–Crippen LogP) is 2.39. The molecule has 1 rings (SSSR count). The summed E-state index contributed by atoms with van der Waals surface area (Å²) in [6.45, 7) is 6.99. The first-order valence-electron chi connectivity index (χ1n) is 7.96. The summed E-state index contributed by atoms with van der Waals surface area (Å²) in [5, 5.41) is 6.09. The molecule has 0 unspecified atom stereocenters. The molecule has 1 atom stereocenters. The molecule has 1 aromatic rings. The molecule has 0 aromatic heterocycles. The largest absolute Gasteiger partial charge is 0.493 e. The molecule has 0 aliphatic carbocycles. The topological polar surface area (TPSA) is 59.6 Å². The summed E-state index contributed by atoms with van der Waals surface area (Å²) < 4.78 is 10.5. The van der Waals surface area contributed by atoms with Crippen molar-refractivity contribution in [2.45, 2.75) is 39.7 Å². The van der Waals surface area contributed by atoms with E-state index in [1.807, 2.05) is 25.2 Å². The fourth-order valence-electron chi connectivity index (χ4n) is 2.43. The Morgan fingerprint density at radius 2 is 1.83 bits per heavy atom. The first kappa shape index (κ1) is 19.3. The lowest BCUT2D eigenvalue weighted by molar-refractivity contribution is -0.123. The zero-order chi connectivity index (χ0) is 17.5. The molecule has 0 aliphatic heterocycles. The molecule has 0 fully saturated rings. The zero-order valence-electron chi connectivity index (χ0n) is 15.2. The van der Waals surface area contributed by atoms with Gasteiger partial charge in [-0.2, -0.15) is 0 Å². The third-order valence-corrected chi connectivity index (χ3v) is 3.64. The maximum Gasteiger partial charge on any atom is 0.237 e. The molecule has 0 saturated carbocycles. The van der Waals surface area contributed by atoms with E-state index in [0.29, 0.717) is 18.0 Å². The number of ether oxygens (including phenoxy) is 2. The van der Waals surface area contributed by atoms with Gasteiger partial charge >= 0.3 is 0 Å². The fraction of sp³-hybridized carbons (Fsp3) is 0.611. The van der Waals surface area contributed by atoms with E-state index in [1.165, 1.54) is 0 Å². The summed E-state index contributed by atoms with van der Waals surface area (Å²) in [6, 6.07) is 5.64. The molecule has 0 spiro atoms. The van der Waals surface area contributed by atoms with Crippen LogP contribution < -0.4 is 20.1 Å². The van der Waals surface area contributed by atoms with Gasteiger partial charge in [0.15, 0.2) is 11.5 Å². The van der Waals surface area contributed by atoms with Crippen LogP contribution in [-0.2, 0) is 11.2 Å². The van der Waals surface area contributed by atoms with Crippen LogP contribution in [-0.4, -0.2) is 39.8 Å². The maximum atomic E-state index is 12.2. The molecule has 0 heterocycles. The quantitative estimate of drug-likeness (QED) is 0.771. The van der Waals surface area contributed by atoms with Gasteiger partial charge in [-0.25, -0.2) is 0 Å². The first-order valence-corrected chi connectivity index (χ1v) is 7.96. The smallest absolute Gasteiger partial charge is 0.237 e. The second kappa shape index (κ2) is 8.77. The SMILES string of the molecule is CN[C@H](CC(C)(C)C)C(=O)NCCc1ccc(OC)c(OC)c1. The fourth-order valence-corrected chi connectivity index (χ4v) is 2.43.